The highest BCUT2D eigenvalue weighted by Gasteiger charge is 2.37. The zero-order valence-electron chi connectivity index (χ0n) is 9.80. The van der Waals surface area contributed by atoms with E-state index in [0.717, 1.165) is 0 Å². The molecule has 0 radical (unpaired) electrons. The average molecular weight is 216 g/mol. The predicted molar refractivity (Wildman–Crippen MR) is 65.1 cm³/mol. The summed E-state index contributed by atoms with van der Waals surface area (Å²) in [6.07, 6.45) is 1.42. The van der Waals surface area contributed by atoms with Crippen LogP contribution in [0.15, 0.2) is 0 Å². The van der Waals surface area contributed by atoms with E-state index >= 15 is 0 Å². The monoisotopic (exact) mass is 216 g/mol. The van der Waals surface area contributed by atoms with Gasteiger partial charge in [-0.2, -0.15) is 0 Å². The normalized spacial score (nSPS) is 32.8. The van der Waals surface area contributed by atoms with Crippen LogP contribution in [-0.2, 0) is 0 Å². The molecule has 1 atom stereocenters. The van der Waals surface area contributed by atoms with Gasteiger partial charge in [0.2, 0.25) is 0 Å². The van der Waals surface area contributed by atoms with Crippen molar-refractivity contribution < 1.29 is 0 Å². The van der Waals surface area contributed by atoms with Gasteiger partial charge >= 0.3 is 0 Å². The van der Waals surface area contributed by atoms with E-state index in [1.807, 2.05) is 0 Å². The molecule has 0 spiro atoms. The molecule has 0 N–H and O–H groups in total. The van der Waals surface area contributed by atoms with Crippen LogP contribution in [0.2, 0.25) is 31.4 Å². The van der Waals surface area contributed by atoms with E-state index in [2.05, 4.69) is 43.4 Å². The molecule has 0 aromatic heterocycles. The summed E-state index contributed by atoms with van der Waals surface area (Å²) in [5.41, 5.74) is 1.58. The number of nitrogens with zero attached hydrogens (tertiary/aromatic N) is 2. The highest BCUT2D eigenvalue weighted by Crippen LogP contribution is 2.27. The van der Waals surface area contributed by atoms with Crippen molar-refractivity contribution in [2.75, 3.05) is 20.6 Å². The summed E-state index contributed by atoms with van der Waals surface area (Å²) in [7, 11) is 3.12. The Morgan fingerprint density at radius 1 is 1.31 bits per heavy atom. The molecule has 4 heteroatoms. The van der Waals surface area contributed by atoms with Gasteiger partial charge in [-0.25, -0.2) is 0 Å². The van der Waals surface area contributed by atoms with Crippen LogP contribution in [0.3, 0.4) is 0 Å². The Morgan fingerprint density at radius 2 is 1.92 bits per heavy atom. The third kappa shape index (κ3) is 2.65. The third-order valence-corrected chi connectivity index (χ3v) is 13.5. The lowest BCUT2D eigenvalue weighted by Gasteiger charge is -2.47. The fourth-order valence-electron chi connectivity index (χ4n) is 2.53. The Morgan fingerprint density at radius 3 is 2.46 bits per heavy atom. The van der Waals surface area contributed by atoms with Crippen molar-refractivity contribution in [1.29, 1.82) is 0 Å². The quantitative estimate of drug-likeness (QED) is 0.649. The van der Waals surface area contributed by atoms with Crippen LogP contribution in [0.5, 0.6) is 0 Å². The van der Waals surface area contributed by atoms with E-state index < -0.39 is 8.24 Å². The van der Waals surface area contributed by atoms with Crippen molar-refractivity contribution in [2.45, 2.75) is 37.8 Å². The molecule has 1 aliphatic rings. The van der Waals surface area contributed by atoms with Gasteiger partial charge in [0, 0.05) is 22.4 Å². The van der Waals surface area contributed by atoms with Gasteiger partial charge in [0.25, 0.3) is 0 Å². The first kappa shape index (κ1) is 11.4. The minimum Gasteiger partial charge on any atom is -0.267 e. The Bertz CT molecular complexity index is 175. The zero-order chi connectivity index (χ0) is 10.1. The summed E-state index contributed by atoms with van der Waals surface area (Å²) >= 11 is 0. The van der Waals surface area contributed by atoms with E-state index in [4.69, 9.17) is 0 Å². The van der Waals surface area contributed by atoms with Gasteiger partial charge in [-0.3, -0.25) is 9.68 Å². The predicted octanol–water partition coefficient (Wildman–Crippen LogP) is 1.77. The lowest BCUT2D eigenvalue weighted by Crippen LogP contribution is -2.60. The lowest BCUT2D eigenvalue weighted by molar-refractivity contribution is 0.0923. The number of hydrazine groups is 1. The maximum atomic E-state index is 2.60. The second-order valence-electron chi connectivity index (χ2n) is 5.10. The molecule has 1 aliphatic heterocycles. The highest BCUT2D eigenvalue weighted by atomic mass is 28.4. The van der Waals surface area contributed by atoms with E-state index in [-0.39, 0.29) is 8.80 Å². The molecular formula is C9H24N2Si2. The van der Waals surface area contributed by atoms with Crippen LogP contribution < -0.4 is 0 Å². The average Bonchev–Trinajstić information content (AvgIpc) is 1.99. The van der Waals surface area contributed by atoms with Crippen LogP contribution in [0.25, 0.3) is 0 Å². The lowest BCUT2D eigenvalue weighted by atomic mass is 10.5. The molecule has 1 unspecified atom stereocenters. The van der Waals surface area contributed by atoms with Gasteiger partial charge < -0.3 is 0 Å². The largest absolute Gasteiger partial charge is 0.267 e. The Balaban J connectivity index is 2.63. The Labute approximate surface area is 85.6 Å². The van der Waals surface area contributed by atoms with Crippen molar-refractivity contribution in [3.05, 3.63) is 0 Å². The summed E-state index contributed by atoms with van der Waals surface area (Å²) in [4.78, 5) is 0. The van der Waals surface area contributed by atoms with Gasteiger partial charge in [-0.1, -0.05) is 25.3 Å². The van der Waals surface area contributed by atoms with E-state index in [9.17, 15) is 0 Å². The summed E-state index contributed by atoms with van der Waals surface area (Å²) in [5.74, 6) is 0. The smallest absolute Gasteiger partial charge is 0.140 e. The second-order valence-corrected chi connectivity index (χ2v) is 13.7. The van der Waals surface area contributed by atoms with Crippen molar-refractivity contribution in [3.8, 4) is 0 Å². The van der Waals surface area contributed by atoms with Gasteiger partial charge in [0.05, 0.1) is 0 Å². The molecule has 0 aromatic rings. The molecule has 0 amide bonds. The molecule has 0 bridgehead atoms. The van der Waals surface area contributed by atoms with Gasteiger partial charge in [-0.05, 0) is 19.5 Å². The molecular weight excluding hydrogens is 192 g/mol. The minimum absolute atomic E-state index is 0.383. The maximum Gasteiger partial charge on any atom is 0.140 e. The fourth-order valence-corrected chi connectivity index (χ4v) is 13.6. The summed E-state index contributed by atoms with van der Waals surface area (Å²) in [5, 5.41) is 2.44. The molecule has 13 heavy (non-hydrogen) atoms. The number of rotatable bonds is 2. The SMILES string of the molecule is CN1CCC[Si](C)(C[SiH](C)C)N1C. The number of hydrogen-bond acceptors (Lipinski definition) is 2. The molecule has 0 aromatic carbocycles. The van der Waals surface area contributed by atoms with E-state index in [0.29, 0.717) is 0 Å². The van der Waals surface area contributed by atoms with Crippen LogP contribution in [0.4, 0.5) is 0 Å². The summed E-state index contributed by atoms with van der Waals surface area (Å²) < 4.78 is 2.60. The molecule has 2 nitrogen and oxygen atoms in total. The molecule has 78 valence electrons. The first-order valence-electron chi connectivity index (χ1n) is 5.40. The van der Waals surface area contributed by atoms with Gasteiger partial charge in [0.1, 0.15) is 8.24 Å². The molecule has 1 fully saturated rings. The van der Waals surface area contributed by atoms with Gasteiger partial charge in [0.15, 0.2) is 0 Å². The first-order chi connectivity index (χ1) is 5.96. The van der Waals surface area contributed by atoms with E-state index in [1.165, 1.54) is 19.0 Å². The highest BCUT2D eigenvalue weighted by molar-refractivity contribution is 6.86. The molecule has 1 heterocycles. The first-order valence-corrected chi connectivity index (χ1v) is 11.4. The van der Waals surface area contributed by atoms with Crippen LogP contribution in [0, 0.1) is 0 Å². The van der Waals surface area contributed by atoms with E-state index in [1.54, 1.807) is 5.67 Å². The van der Waals surface area contributed by atoms with Crippen molar-refractivity contribution in [2.24, 2.45) is 0 Å². The maximum absolute atomic E-state index is 2.60. The third-order valence-electron chi connectivity index (χ3n) is 3.34. The fraction of sp³-hybridized carbons (Fsp3) is 1.00. The second kappa shape index (κ2) is 4.25. The molecule has 0 aliphatic carbocycles. The zero-order valence-corrected chi connectivity index (χ0v) is 12.0. The van der Waals surface area contributed by atoms with Crippen LogP contribution in [0.1, 0.15) is 6.42 Å². The topological polar surface area (TPSA) is 6.48 Å². The standard InChI is InChI=1S/C9H24N2Si2/c1-10-7-6-8-13(5,11(10)2)9-12(3)4/h12H,6-9H2,1-5H3. The van der Waals surface area contributed by atoms with Crippen molar-refractivity contribution in [3.63, 3.8) is 0 Å². The van der Waals surface area contributed by atoms with Gasteiger partial charge in [-0.15, -0.1) is 0 Å². The Kier molecular flexibility index (Phi) is 3.74. The minimum atomic E-state index is -1.05. The molecule has 0 saturated carbocycles. The Hall–Kier alpha value is 0.354. The summed E-state index contributed by atoms with van der Waals surface area (Å²) in [6, 6.07) is 1.51. The number of hydrogen-bond donors (Lipinski definition) is 0. The van der Waals surface area contributed by atoms with Crippen molar-refractivity contribution in [1.82, 2.24) is 9.68 Å². The molecule has 1 rings (SSSR count). The summed E-state index contributed by atoms with van der Waals surface area (Å²) in [6.45, 7) is 8.80. The van der Waals surface area contributed by atoms with Crippen LogP contribution >= 0.6 is 0 Å². The van der Waals surface area contributed by atoms with Crippen molar-refractivity contribution >= 4 is 17.0 Å². The van der Waals surface area contributed by atoms with Crippen LogP contribution in [-0.4, -0.2) is 47.4 Å². The molecule has 1 saturated heterocycles.